The first-order chi connectivity index (χ1) is 9.81. The van der Waals surface area contributed by atoms with Crippen molar-refractivity contribution in [3.63, 3.8) is 0 Å². The average molecular weight is 311 g/mol. The molecule has 0 aliphatic rings. The Hall–Kier alpha value is -2.09. The lowest BCUT2D eigenvalue weighted by Gasteiger charge is -2.10. The van der Waals surface area contributed by atoms with Crippen molar-refractivity contribution in [3.8, 4) is 0 Å². The maximum Gasteiger partial charge on any atom is 0.316 e. The minimum atomic E-state index is -3.92. The van der Waals surface area contributed by atoms with E-state index < -0.39 is 26.7 Å². The summed E-state index contributed by atoms with van der Waals surface area (Å²) in [6, 6.07) is 4.54. The predicted octanol–water partition coefficient (Wildman–Crippen LogP) is 1.10. The molecule has 21 heavy (non-hydrogen) atoms. The summed E-state index contributed by atoms with van der Waals surface area (Å²) in [5, 5.41) is 2.12. The molecule has 0 aliphatic heterocycles. The topological polar surface area (TPSA) is 115 Å². The van der Waals surface area contributed by atoms with Crippen LogP contribution in [0.25, 0.3) is 11.1 Å². The Morgan fingerprint density at radius 1 is 1.48 bits per heavy atom. The first-order valence-corrected chi connectivity index (χ1v) is 8.15. The first-order valence-electron chi connectivity index (χ1n) is 6.50. The predicted molar refractivity (Wildman–Crippen MR) is 78.4 cm³/mol. The van der Waals surface area contributed by atoms with Crippen molar-refractivity contribution in [2.45, 2.75) is 31.5 Å². The molecule has 0 saturated carbocycles. The first kappa shape index (κ1) is 15.3. The molecule has 1 aromatic carbocycles. The zero-order chi connectivity index (χ0) is 15.6. The summed E-state index contributed by atoms with van der Waals surface area (Å²) >= 11 is 0. The monoisotopic (exact) mass is 311 g/mol. The number of fused-ring (bicyclic) bond motifs is 1. The van der Waals surface area contributed by atoms with Crippen molar-refractivity contribution in [2.24, 2.45) is 0 Å². The lowest BCUT2D eigenvalue weighted by Crippen LogP contribution is -2.36. The number of hydrogen-bond acceptors (Lipinski definition) is 6. The van der Waals surface area contributed by atoms with Gasteiger partial charge >= 0.3 is 5.22 Å². The molecular weight excluding hydrogens is 294 g/mol. The highest BCUT2D eigenvalue weighted by molar-refractivity contribution is 7.91. The molecule has 0 bridgehead atoms. The Morgan fingerprint density at radius 2 is 2.19 bits per heavy atom. The molecule has 8 heteroatoms. The summed E-state index contributed by atoms with van der Waals surface area (Å²) in [7, 11) is -3.92. The SMILES string of the molecule is CCC(C)NC(=O)CS(=O)(=O)c1nc2cc(N)ccc2o1. The van der Waals surface area contributed by atoms with Gasteiger partial charge in [-0.2, -0.15) is 4.98 Å². The number of carbonyl (C=O) groups is 1. The van der Waals surface area contributed by atoms with Gasteiger partial charge in [0.25, 0.3) is 0 Å². The standard InChI is InChI=1S/C13H17N3O4S/c1-3-8(2)15-12(17)7-21(18,19)13-16-10-6-9(14)4-5-11(10)20-13/h4-6,8H,3,7,14H2,1-2H3,(H,15,17). The third kappa shape index (κ3) is 3.52. The Morgan fingerprint density at radius 3 is 2.86 bits per heavy atom. The van der Waals surface area contributed by atoms with Crippen molar-refractivity contribution < 1.29 is 17.6 Å². The number of nitrogens with two attached hydrogens (primary N) is 1. The van der Waals surface area contributed by atoms with Crippen molar-refractivity contribution in [1.82, 2.24) is 10.3 Å². The summed E-state index contributed by atoms with van der Waals surface area (Å²) < 4.78 is 29.4. The van der Waals surface area contributed by atoms with E-state index in [0.29, 0.717) is 23.2 Å². The Balaban J connectivity index is 2.23. The Kier molecular flexibility index (Phi) is 4.17. The molecule has 0 aliphatic carbocycles. The molecule has 7 nitrogen and oxygen atoms in total. The average Bonchev–Trinajstić information content (AvgIpc) is 2.81. The van der Waals surface area contributed by atoms with E-state index in [9.17, 15) is 13.2 Å². The maximum absolute atomic E-state index is 12.1. The van der Waals surface area contributed by atoms with Crippen molar-refractivity contribution in [2.75, 3.05) is 11.5 Å². The normalized spacial score (nSPS) is 13.2. The van der Waals surface area contributed by atoms with Crippen LogP contribution < -0.4 is 11.1 Å². The molecule has 1 heterocycles. The molecule has 1 aromatic heterocycles. The second-order valence-corrected chi connectivity index (χ2v) is 6.71. The third-order valence-corrected chi connectivity index (χ3v) is 4.35. The van der Waals surface area contributed by atoms with E-state index in [1.165, 1.54) is 12.1 Å². The highest BCUT2D eigenvalue weighted by Crippen LogP contribution is 2.21. The maximum atomic E-state index is 12.1. The molecule has 3 N–H and O–H groups in total. The molecule has 2 rings (SSSR count). The van der Waals surface area contributed by atoms with E-state index in [2.05, 4.69) is 10.3 Å². The Bertz CT molecular complexity index is 767. The highest BCUT2D eigenvalue weighted by Gasteiger charge is 2.26. The van der Waals surface area contributed by atoms with E-state index in [-0.39, 0.29) is 6.04 Å². The second-order valence-electron chi connectivity index (χ2n) is 4.84. The van der Waals surface area contributed by atoms with Gasteiger partial charge in [0, 0.05) is 11.7 Å². The smallest absolute Gasteiger partial charge is 0.316 e. The molecule has 0 radical (unpaired) electrons. The van der Waals surface area contributed by atoms with Gasteiger partial charge in [0.1, 0.15) is 11.3 Å². The van der Waals surface area contributed by atoms with Crippen LogP contribution in [0.5, 0.6) is 0 Å². The number of oxazole rings is 1. The number of benzene rings is 1. The number of nitrogen functional groups attached to an aromatic ring is 1. The van der Waals surface area contributed by atoms with Gasteiger partial charge in [0.15, 0.2) is 5.58 Å². The molecular formula is C13H17N3O4S. The molecule has 1 amide bonds. The zero-order valence-corrected chi connectivity index (χ0v) is 12.6. The van der Waals surface area contributed by atoms with Crippen LogP contribution in [0.15, 0.2) is 27.8 Å². The number of nitrogens with one attached hydrogen (secondary N) is 1. The Labute approximate surface area is 122 Å². The number of carbonyl (C=O) groups excluding carboxylic acids is 1. The number of hydrogen-bond donors (Lipinski definition) is 2. The molecule has 1 atom stereocenters. The summed E-state index contributed by atoms with van der Waals surface area (Å²) in [6.45, 7) is 3.69. The summed E-state index contributed by atoms with van der Waals surface area (Å²) in [5.41, 5.74) is 6.70. The van der Waals surface area contributed by atoms with E-state index in [1.54, 1.807) is 13.0 Å². The van der Waals surface area contributed by atoms with Crippen LogP contribution in [0.3, 0.4) is 0 Å². The minimum Gasteiger partial charge on any atom is -0.428 e. The largest absolute Gasteiger partial charge is 0.428 e. The molecule has 0 fully saturated rings. The highest BCUT2D eigenvalue weighted by atomic mass is 32.2. The fourth-order valence-corrected chi connectivity index (χ4v) is 2.72. The van der Waals surface area contributed by atoms with E-state index in [1.807, 2.05) is 6.92 Å². The summed E-state index contributed by atoms with van der Waals surface area (Å²) in [4.78, 5) is 15.6. The van der Waals surface area contributed by atoms with E-state index >= 15 is 0 Å². The molecule has 114 valence electrons. The zero-order valence-electron chi connectivity index (χ0n) is 11.8. The van der Waals surface area contributed by atoms with Gasteiger partial charge in [-0.05, 0) is 31.5 Å². The van der Waals surface area contributed by atoms with Crippen LogP contribution in [-0.4, -0.2) is 31.1 Å². The minimum absolute atomic E-state index is 0.0869. The van der Waals surface area contributed by atoms with Crippen molar-refractivity contribution in [1.29, 1.82) is 0 Å². The van der Waals surface area contributed by atoms with Gasteiger partial charge < -0.3 is 15.5 Å². The van der Waals surface area contributed by atoms with Crippen LogP contribution in [0, 0.1) is 0 Å². The van der Waals surface area contributed by atoms with Gasteiger partial charge in [-0.25, -0.2) is 8.42 Å². The quantitative estimate of drug-likeness (QED) is 0.799. The number of sulfone groups is 1. The van der Waals surface area contributed by atoms with Crippen LogP contribution in [0.4, 0.5) is 5.69 Å². The van der Waals surface area contributed by atoms with Crippen LogP contribution in [-0.2, 0) is 14.6 Å². The third-order valence-electron chi connectivity index (χ3n) is 3.00. The summed E-state index contributed by atoms with van der Waals surface area (Å²) in [5.74, 6) is -1.27. The van der Waals surface area contributed by atoms with Crippen LogP contribution in [0.1, 0.15) is 20.3 Å². The number of nitrogens with zero attached hydrogens (tertiary/aromatic N) is 1. The molecule has 2 aromatic rings. The molecule has 0 spiro atoms. The number of anilines is 1. The lowest BCUT2D eigenvalue weighted by molar-refractivity contribution is -0.119. The number of rotatable bonds is 5. The van der Waals surface area contributed by atoms with Gasteiger partial charge in [0.2, 0.25) is 15.7 Å². The van der Waals surface area contributed by atoms with Gasteiger partial charge in [-0.1, -0.05) is 6.92 Å². The van der Waals surface area contributed by atoms with E-state index in [4.69, 9.17) is 10.2 Å². The molecule has 1 unspecified atom stereocenters. The van der Waals surface area contributed by atoms with Crippen molar-refractivity contribution >= 4 is 32.5 Å². The lowest BCUT2D eigenvalue weighted by atomic mass is 10.3. The second kappa shape index (κ2) is 5.72. The van der Waals surface area contributed by atoms with Gasteiger partial charge in [-0.3, -0.25) is 4.79 Å². The number of amides is 1. The van der Waals surface area contributed by atoms with Gasteiger partial charge in [-0.15, -0.1) is 0 Å². The summed E-state index contributed by atoms with van der Waals surface area (Å²) in [6.07, 6.45) is 0.716. The van der Waals surface area contributed by atoms with E-state index in [0.717, 1.165) is 0 Å². The molecule has 0 saturated heterocycles. The number of aromatic nitrogens is 1. The van der Waals surface area contributed by atoms with Crippen molar-refractivity contribution in [3.05, 3.63) is 18.2 Å². The van der Waals surface area contributed by atoms with Gasteiger partial charge in [0.05, 0.1) is 0 Å². The fraction of sp³-hybridized carbons (Fsp3) is 0.385. The fourth-order valence-electron chi connectivity index (χ4n) is 1.71. The van der Waals surface area contributed by atoms with Crippen LogP contribution in [0.2, 0.25) is 0 Å². The van der Waals surface area contributed by atoms with Crippen LogP contribution >= 0.6 is 0 Å².